The average Bonchev–Trinajstić information content (AvgIpc) is 2.59. The largest absolute Gasteiger partial charge is 0.497 e. The van der Waals surface area contributed by atoms with Gasteiger partial charge in [0.1, 0.15) is 23.5 Å². The third-order valence-electron chi connectivity index (χ3n) is 3.07. The van der Waals surface area contributed by atoms with Gasteiger partial charge in [0.05, 0.1) is 19.8 Å². The Morgan fingerprint density at radius 3 is 3.11 bits per heavy atom. The van der Waals surface area contributed by atoms with Gasteiger partial charge in [-0.1, -0.05) is 0 Å². The minimum Gasteiger partial charge on any atom is -0.497 e. The van der Waals surface area contributed by atoms with E-state index in [0.717, 1.165) is 0 Å². The van der Waals surface area contributed by atoms with E-state index in [1.807, 2.05) is 0 Å². The molecule has 0 saturated carbocycles. The molecule has 2 unspecified atom stereocenters. The van der Waals surface area contributed by atoms with Crippen LogP contribution in [0.5, 0.6) is 11.5 Å². The predicted octanol–water partition coefficient (Wildman–Crippen LogP) is 1.23. The Bertz CT molecular complexity index is 466. The van der Waals surface area contributed by atoms with Gasteiger partial charge >= 0.3 is 0 Å². The van der Waals surface area contributed by atoms with Gasteiger partial charge in [0, 0.05) is 12.0 Å². The molecule has 0 radical (unpaired) electrons. The van der Waals surface area contributed by atoms with Crippen molar-refractivity contribution in [3.05, 3.63) is 23.8 Å². The third-order valence-corrected chi connectivity index (χ3v) is 3.31. The second kappa shape index (κ2) is 6.12. The fourth-order valence-corrected chi connectivity index (χ4v) is 2.16. The van der Waals surface area contributed by atoms with Gasteiger partial charge in [0.2, 0.25) is 5.91 Å². The number of aliphatic hydroxyl groups excluding tert-OH is 1. The number of rotatable bonds is 3. The highest BCUT2D eigenvalue weighted by atomic mass is 35.5. The molecule has 104 valence electrons. The van der Waals surface area contributed by atoms with Crippen LogP contribution in [0.1, 0.15) is 18.1 Å². The van der Waals surface area contributed by atoms with Crippen LogP contribution < -0.4 is 14.8 Å². The van der Waals surface area contributed by atoms with Crippen molar-refractivity contribution in [2.24, 2.45) is 0 Å². The highest BCUT2D eigenvalue weighted by molar-refractivity contribution is 6.27. The fraction of sp³-hybridized carbons (Fsp3) is 0.462. The minimum atomic E-state index is -0.847. The van der Waals surface area contributed by atoms with Gasteiger partial charge in [-0.05, 0) is 18.2 Å². The van der Waals surface area contributed by atoms with Crippen LogP contribution in [0.4, 0.5) is 0 Å². The van der Waals surface area contributed by atoms with Crippen molar-refractivity contribution in [1.29, 1.82) is 0 Å². The highest BCUT2D eigenvalue weighted by Crippen LogP contribution is 2.34. The molecule has 1 aromatic rings. The molecule has 2 rings (SSSR count). The molecule has 1 aromatic carbocycles. The number of carbonyl (C=O) groups excluding carboxylic acids is 1. The van der Waals surface area contributed by atoms with Crippen LogP contribution in [0.25, 0.3) is 0 Å². The zero-order valence-electron chi connectivity index (χ0n) is 10.6. The quantitative estimate of drug-likeness (QED) is 0.820. The van der Waals surface area contributed by atoms with Crippen molar-refractivity contribution in [3.8, 4) is 11.5 Å². The number of ether oxygens (including phenoxy) is 2. The fourth-order valence-electron chi connectivity index (χ4n) is 2.08. The Morgan fingerprint density at radius 2 is 2.42 bits per heavy atom. The molecule has 6 heteroatoms. The minimum absolute atomic E-state index is 0.130. The van der Waals surface area contributed by atoms with Crippen LogP contribution in [0.3, 0.4) is 0 Å². The highest BCUT2D eigenvalue weighted by Gasteiger charge is 2.28. The van der Waals surface area contributed by atoms with Crippen LogP contribution in [0, 0.1) is 0 Å². The molecule has 5 nitrogen and oxygen atoms in total. The zero-order chi connectivity index (χ0) is 13.8. The van der Waals surface area contributed by atoms with E-state index >= 15 is 0 Å². The number of benzene rings is 1. The van der Waals surface area contributed by atoms with E-state index in [9.17, 15) is 9.90 Å². The maximum absolute atomic E-state index is 11.4. The molecule has 1 amide bonds. The molecule has 1 heterocycles. The third kappa shape index (κ3) is 3.11. The molecule has 0 aromatic heterocycles. The van der Waals surface area contributed by atoms with E-state index in [0.29, 0.717) is 30.1 Å². The number of aliphatic hydroxyl groups is 1. The van der Waals surface area contributed by atoms with E-state index in [4.69, 9.17) is 21.1 Å². The molecule has 2 N–H and O–H groups in total. The molecule has 2 atom stereocenters. The lowest BCUT2D eigenvalue weighted by Crippen LogP contribution is -2.40. The van der Waals surface area contributed by atoms with Crippen LogP contribution >= 0.6 is 11.6 Å². The number of alkyl halides is 1. The van der Waals surface area contributed by atoms with Crippen LogP contribution in [0.15, 0.2) is 18.2 Å². The first-order valence-electron chi connectivity index (χ1n) is 6.00. The van der Waals surface area contributed by atoms with Crippen LogP contribution in [-0.4, -0.2) is 36.7 Å². The summed E-state index contributed by atoms with van der Waals surface area (Å²) in [6, 6.07) is 4.82. The van der Waals surface area contributed by atoms with Gasteiger partial charge in [-0.2, -0.15) is 0 Å². The first-order valence-corrected chi connectivity index (χ1v) is 6.53. The van der Waals surface area contributed by atoms with Gasteiger partial charge in [0.25, 0.3) is 0 Å². The normalized spacial score (nSPS) is 21.8. The molecular formula is C13H16ClNO4. The van der Waals surface area contributed by atoms with Crippen LogP contribution in [-0.2, 0) is 4.79 Å². The molecule has 0 saturated heterocycles. The van der Waals surface area contributed by atoms with Gasteiger partial charge in [-0.15, -0.1) is 11.6 Å². The summed E-state index contributed by atoms with van der Waals surface area (Å²) in [6.45, 7) is 0.420. The number of carbonyl (C=O) groups is 1. The summed E-state index contributed by atoms with van der Waals surface area (Å²) in [6.07, 6.45) is -0.333. The SMILES string of the molecule is COc1ccc2c(c1)C(O)C(NC(=O)CCl)CCO2. The molecule has 1 aliphatic rings. The maximum Gasteiger partial charge on any atom is 0.235 e. The summed E-state index contributed by atoms with van der Waals surface area (Å²) in [5, 5.41) is 13.1. The second-order valence-electron chi connectivity index (χ2n) is 4.29. The lowest BCUT2D eigenvalue weighted by Gasteiger charge is -2.21. The Labute approximate surface area is 116 Å². The average molecular weight is 286 g/mol. The first kappa shape index (κ1) is 14.0. The second-order valence-corrected chi connectivity index (χ2v) is 4.56. The number of hydrogen-bond acceptors (Lipinski definition) is 4. The standard InChI is InChI=1S/C13H16ClNO4/c1-18-8-2-3-11-9(6-8)13(17)10(4-5-19-11)15-12(16)7-14/h2-3,6,10,13,17H,4-5,7H2,1H3,(H,15,16). The lowest BCUT2D eigenvalue weighted by molar-refractivity contribution is -0.120. The Hall–Kier alpha value is -1.46. The van der Waals surface area contributed by atoms with Crippen LogP contribution in [0.2, 0.25) is 0 Å². The van der Waals surface area contributed by atoms with Crippen molar-refractivity contribution < 1.29 is 19.4 Å². The van der Waals surface area contributed by atoms with Crippen molar-refractivity contribution in [1.82, 2.24) is 5.32 Å². The summed E-state index contributed by atoms with van der Waals surface area (Å²) in [7, 11) is 1.55. The number of methoxy groups -OCH3 is 1. The van der Waals surface area contributed by atoms with Crippen molar-refractivity contribution in [2.75, 3.05) is 19.6 Å². The Morgan fingerprint density at radius 1 is 1.63 bits per heavy atom. The summed E-state index contributed by atoms with van der Waals surface area (Å²) < 4.78 is 10.7. The van der Waals surface area contributed by atoms with E-state index in [1.165, 1.54) is 0 Å². The summed E-state index contributed by atoms with van der Waals surface area (Å²) in [5.41, 5.74) is 0.608. The number of nitrogens with one attached hydrogen (secondary N) is 1. The summed E-state index contributed by atoms with van der Waals surface area (Å²) in [4.78, 5) is 11.4. The van der Waals surface area contributed by atoms with Crippen molar-refractivity contribution >= 4 is 17.5 Å². The molecule has 0 spiro atoms. The molecule has 0 aliphatic carbocycles. The number of fused-ring (bicyclic) bond motifs is 1. The maximum atomic E-state index is 11.4. The predicted molar refractivity (Wildman–Crippen MR) is 70.7 cm³/mol. The summed E-state index contributed by atoms with van der Waals surface area (Å²) in [5.74, 6) is 0.799. The topological polar surface area (TPSA) is 67.8 Å². The monoisotopic (exact) mass is 285 g/mol. The van der Waals surface area contributed by atoms with E-state index in [2.05, 4.69) is 5.32 Å². The van der Waals surface area contributed by atoms with Gasteiger partial charge in [0.15, 0.2) is 0 Å². The van der Waals surface area contributed by atoms with Crippen molar-refractivity contribution in [2.45, 2.75) is 18.6 Å². The van der Waals surface area contributed by atoms with Gasteiger partial charge < -0.3 is 19.9 Å². The van der Waals surface area contributed by atoms with Crippen molar-refractivity contribution in [3.63, 3.8) is 0 Å². The number of hydrogen-bond donors (Lipinski definition) is 2. The molecule has 1 aliphatic heterocycles. The molecule has 0 fully saturated rings. The zero-order valence-corrected chi connectivity index (χ0v) is 11.3. The smallest absolute Gasteiger partial charge is 0.235 e. The lowest BCUT2D eigenvalue weighted by atomic mass is 10.00. The number of amides is 1. The summed E-state index contributed by atoms with van der Waals surface area (Å²) >= 11 is 5.46. The molecular weight excluding hydrogens is 270 g/mol. The molecule has 19 heavy (non-hydrogen) atoms. The Balaban J connectivity index is 2.26. The molecule has 0 bridgehead atoms. The Kier molecular flexibility index (Phi) is 4.50. The van der Waals surface area contributed by atoms with E-state index in [1.54, 1.807) is 25.3 Å². The first-order chi connectivity index (χ1) is 9.15. The van der Waals surface area contributed by atoms with Gasteiger partial charge in [-0.3, -0.25) is 4.79 Å². The van der Waals surface area contributed by atoms with E-state index in [-0.39, 0.29) is 11.8 Å². The number of halogens is 1. The van der Waals surface area contributed by atoms with E-state index < -0.39 is 12.1 Å². The van der Waals surface area contributed by atoms with Gasteiger partial charge in [-0.25, -0.2) is 0 Å².